The Bertz CT molecular complexity index is 853. The summed E-state index contributed by atoms with van der Waals surface area (Å²) in [6.45, 7) is 5.66. The molecule has 2 unspecified atom stereocenters. The van der Waals surface area contributed by atoms with Crippen molar-refractivity contribution in [1.29, 1.82) is 0 Å². The standard InChI is InChI=1S/C23H28N2O4/c1-23(2,3)28-22(27)25-18-5-4-6-19(25)14-17(13-18)21(26)16-9-7-15(8-10-16)20-11-12-24-29-20/h7-12,17-19H,4-6,13-14H2,1-3H3. The third kappa shape index (κ3) is 4.21. The van der Waals surface area contributed by atoms with Crippen molar-refractivity contribution in [2.24, 2.45) is 5.92 Å². The number of carbonyl (C=O) groups excluding carboxylic acids is 2. The molecule has 0 saturated carbocycles. The summed E-state index contributed by atoms with van der Waals surface area (Å²) in [4.78, 5) is 27.8. The normalized spacial score (nSPS) is 24.2. The quantitative estimate of drug-likeness (QED) is 0.676. The summed E-state index contributed by atoms with van der Waals surface area (Å²) < 4.78 is 10.8. The second-order valence-electron chi connectivity index (χ2n) is 9.11. The van der Waals surface area contributed by atoms with E-state index in [4.69, 9.17) is 9.26 Å². The molecule has 0 radical (unpaired) electrons. The summed E-state index contributed by atoms with van der Waals surface area (Å²) in [7, 11) is 0. The van der Waals surface area contributed by atoms with Crippen LogP contribution in [0.1, 0.15) is 63.2 Å². The second kappa shape index (κ2) is 7.65. The van der Waals surface area contributed by atoms with Crippen LogP contribution in [-0.4, -0.2) is 39.6 Å². The number of rotatable bonds is 3. The molecule has 0 spiro atoms. The molecule has 2 saturated heterocycles. The van der Waals surface area contributed by atoms with E-state index in [1.807, 2.05) is 49.9 Å². The first-order valence-corrected chi connectivity index (χ1v) is 10.4. The van der Waals surface area contributed by atoms with E-state index in [0.29, 0.717) is 24.2 Å². The molecule has 1 amide bonds. The van der Waals surface area contributed by atoms with Crippen LogP contribution in [0.4, 0.5) is 4.79 Å². The summed E-state index contributed by atoms with van der Waals surface area (Å²) in [5.41, 5.74) is 1.10. The average molecular weight is 396 g/mol. The number of ether oxygens (including phenoxy) is 1. The van der Waals surface area contributed by atoms with Gasteiger partial charge in [0.05, 0.1) is 6.20 Å². The topological polar surface area (TPSA) is 72.6 Å². The van der Waals surface area contributed by atoms with Crippen LogP contribution in [0.25, 0.3) is 11.3 Å². The first-order valence-electron chi connectivity index (χ1n) is 10.4. The van der Waals surface area contributed by atoms with Crippen LogP contribution in [0, 0.1) is 5.92 Å². The highest BCUT2D eigenvalue weighted by Gasteiger charge is 2.44. The monoisotopic (exact) mass is 396 g/mol. The number of nitrogens with zero attached hydrogens (tertiary/aromatic N) is 2. The maximum absolute atomic E-state index is 13.2. The lowest BCUT2D eigenvalue weighted by Gasteiger charge is -2.48. The Labute approximate surface area is 171 Å². The first kappa shape index (κ1) is 19.7. The molecule has 29 heavy (non-hydrogen) atoms. The van der Waals surface area contributed by atoms with Crippen molar-refractivity contribution in [1.82, 2.24) is 10.1 Å². The molecule has 2 aliphatic heterocycles. The number of hydrogen-bond acceptors (Lipinski definition) is 5. The van der Waals surface area contributed by atoms with Crippen molar-refractivity contribution in [3.8, 4) is 11.3 Å². The van der Waals surface area contributed by atoms with Crippen molar-refractivity contribution < 1.29 is 18.8 Å². The minimum absolute atomic E-state index is 0.0554. The van der Waals surface area contributed by atoms with Crippen molar-refractivity contribution >= 4 is 11.9 Å². The lowest BCUT2D eigenvalue weighted by molar-refractivity contribution is -0.0260. The number of fused-ring (bicyclic) bond motifs is 2. The number of Topliss-reactive ketones (excluding diaryl/α,β-unsaturated/α-hetero) is 1. The van der Waals surface area contributed by atoms with Gasteiger partial charge in [-0.1, -0.05) is 29.4 Å². The molecule has 154 valence electrons. The largest absolute Gasteiger partial charge is 0.444 e. The number of carbonyl (C=O) groups is 2. The van der Waals surface area contributed by atoms with Crippen molar-refractivity contribution in [2.75, 3.05) is 0 Å². The van der Waals surface area contributed by atoms with Gasteiger partial charge >= 0.3 is 6.09 Å². The highest BCUT2D eigenvalue weighted by atomic mass is 16.6. The van der Waals surface area contributed by atoms with Gasteiger partial charge < -0.3 is 14.2 Å². The zero-order chi connectivity index (χ0) is 20.6. The van der Waals surface area contributed by atoms with Crippen LogP contribution in [0.2, 0.25) is 0 Å². The number of benzene rings is 1. The van der Waals surface area contributed by atoms with Gasteiger partial charge in [-0.25, -0.2) is 4.79 Å². The smallest absolute Gasteiger partial charge is 0.410 e. The predicted molar refractivity (Wildman–Crippen MR) is 108 cm³/mol. The minimum atomic E-state index is -0.511. The van der Waals surface area contributed by atoms with Gasteiger partial charge in [-0.05, 0) is 52.9 Å². The number of ketones is 1. The molecule has 2 bridgehead atoms. The van der Waals surface area contributed by atoms with Crippen LogP contribution in [0.15, 0.2) is 41.1 Å². The van der Waals surface area contributed by atoms with E-state index in [0.717, 1.165) is 24.8 Å². The van der Waals surface area contributed by atoms with Gasteiger partial charge in [-0.2, -0.15) is 0 Å². The Morgan fingerprint density at radius 3 is 2.28 bits per heavy atom. The molecule has 2 aliphatic rings. The second-order valence-corrected chi connectivity index (χ2v) is 9.11. The van der Waals surface area contributed by atoms with E-state index < -0.39 is 5.60 Å². The average Bonchev–Trinajstić information content (AvgIpc) is 3.20. The molecular weight excluding hydrogens is 368 g/mol. The first-order chi connectivity index (χ1) is 13.8. The molecule has 2 aromatic rings. The SMILES string of the molecule is CC(C)(C)OC(=O)N1C2CCCC1CC(C(=O)c1ccc(-c3ccno3)cc1)C2. The van der Waals surface area contributed by atoms with E-state index in [1.54, 1.807) is 12.3 Å². The number of hydrogen-bond donors (Lipinski definition) is 0. The lowest BCUT2D eigenvalue weighted by Crippen LogP contribution is -2.56. The van der Waals surface area contributed by atoms with Gasteiger partial charge in [-0.3, -0.25) is 4.79 Å². The van der Waals surface area contributed by atoms with E-state index in [9.17, 15) is 9.59 Å². The zero-order valence-electron chi connectivity index (χ0n) is 17.3. The van der Waals surface area contributed by atoms with Crippen molar-refractivity contribution in [2.45, 2.75) is 70.6 Å². The number of piperidine rings is 2. The molecule has 0 aliphatic carbocycles. The lowest BCUT2D eigenvalue weighted by atomic mass is 9.76. The Morgan fingerprint density at radius 2 is 1.72 bits per heavy atom. The zero-order valence-corrected chi connectivity index (χ0v) is 17.3. The minimum Gasteiger partial charge on any atom is -0.444 e. The Kier molecular flexibility index (Phi) is 5.19. The summed E-state index contributed by atoms with van der Waals surface area (Å²) in [5.74, 6) is 0.791. The van der Waals surface area contributed by atoms with Crippen LogP contribution in [0.3, 0.4) is 0 Å². The highest BCUT2D eigenvalue weighted by Crippen LogP contribution is 2.39. The molecule has 6 heteroatoms. The molecule has 1 aromatic heterocycles. The molecule has 3 heterocycles. The van der Waals surface area contributed by atoms with Crippen molar-refractivity contribution in [3.05, 3.63) is 42.1 Å². The third-order valence-corrected chi connectivity index (χ3v) is 5.84. The number of aromatic nitrogens is 1. The molecule has 6 nitrogen and oxygen atoms in total. The van der Waals surface area contributed by atoms with Crippen LogP contribution in [-0.2, 0) is 4.74 Å². The third-order valence-electron chi connectivity index (χ3n) is 5.84. The van der Waals surface area contributed by atoms with Gasteiger partial charge in [0.1, 0.15) is 5.60 Å². The molecule has 1 aromatic carbocycles. The molecule has 0 N–H and O–H groups in total. The predicted octanol–water partition coefficient (Wildman–Crippen LogP) is 5.09. The molecule has 4 rings (SSSR count). The molecule has 2 atom stereocenters. The van der Waals surface area contributed by atoms with E-state index in [-0.39, 0.29) is 29.9 Å². The fraction of sp³-hybridized carbons (Fsp3) is 0.522. The maximum Gasteiger partial charge on any atom is 0.410 e. The van der Waals surface area contributed by atoms with Crippen LogP contribution < -0.4 is 0 Å². The Morgan fingerprint density at radius 1 is 1.07 bits per heavy atom. The summed E-state index contributed by atoms with van der Waals surface area (Å²) in [6, 6.07) is 9.46. The summed E-state index contributed by atoms with van der Waals surface area (Å²) in [5, 5.41) is 3.72. The molecular formula is C23H28N2O4. The summed E-state index contributed by atoms with van der Waals surface area (Å²) in [6.07, 6.45) is 5.74. The fourth-order valence-electron chi connectivity index (χ4n) is 4.61. The molecule has 2 fully saturated rings. The van der Waals surface area contributed by atoms with Gasteiger partial charge in [-0.15, -0.1) is 0 Å². The Balaban J connectivity index is 1.47. The van der Waals surface area contributed by atoms with E-state index >= 15 is 0 Å². The van der Waals surface area contributed by atoms with Gasteiger partial charge in [0.2, 0.25) is 0 Å². The van der Waals surface area contributed by atoms with E-state index in [2.05, 4.69) is 5.16 Å². The fourth-order valence-corrected chi connectivity index (χ4v) is 4.61. The van der Waals surface area contributed by atoms with Crippen molar-refractivity contribution in [3.63, 3.8) is 0 Å². The number of amides is 1. The van der Waals surface area contributed by atoms with Gasteiger partial charge in [0.25, 0.3) is 0 Å². The summed E-state index contributed by atoms with van der Waals surface area (Å²) >= 11 is 0. The van der Waals surface area contributed by atoms with E-state index in [1.165, 1.54) is 0 Å². The Hall–Kier alpha value is -2.63. The highest BCUT2D eigenvalue weighted by molar-refractivity contribution is 5.98. The van der Waals surface area contributed by atoms with Crippen LogP contribution >= 0.6 is 0 Å². The van der Waals surface area contributed by atoms with Gasteiger partial charge in [0, 0.05) is 35.2 Å². The maximum atomic E-state index is 13.2. The van der Waals surface area contributed by atoms with Crippen LogP contribution in [0.5, 0.6) is 0 Å². The van der Waals surface area contributed by atoms with Gasteiger partial charge in [0.15, 0.2) is 11.5 Å².